The first-order chi connectivity index (χ1) is 8.80. The predicted molar refractivity (Wildman–Crippen MR) is 81.7 cm³/mol. The van der Waals surface area contributed by atoms with Gasteiger partial charge >= 0.3 is 0 Å². The van der Waals surface area contributed by atoms with E-state index in [4.69, 9.17) is 5.73 Å². The Balaban J connectivity index is 2.27. The number of nitrogens with two attached hydrogens (primary N) is 1. The summed E-state index contributed by atoms with van der Waals surface area (Å²) in [4.78, 5) is 0.962. The summed E-state index contributed by atoms with van der Waals surface area (Å²) >= 11 is 0. The lowest BCUT2D eigenvalue weighted by Crippen LogP contribution is -2.45. The maximum atomic E-state index is 12.9. The number of hydrogen-bond donors (Lipinski definition) is 1. The van der Waals surface area contributed by atoms with Crippen LogP contribution in [-0.2, 0) is 10.8 Å². The van der Waals surface area contributed by atoms with E-state index in [1.807, 2.05) is 19.1 Å². The van der Waals surface area contributed by atoms with Crippen LogP contribution in [-0.4, -0.2) is 15.5 Å². The zero-order valence-corrected chi connectivity index (χ0v) is 13.2. The van der Waals surface area contributed by atoms with Gasteiger partial charge in [0.15, 0.2) is 0 Å². The summed E-state index contributed by atoms with van der Waals surface area (Å²) < 4.78 is 12.9. The molecule has 1 saturated carbocycles. The number of benzene rings is 1. The van der Waals surface area contributed by atoms with Gasteiger partial charge in [0.2, 0.25) is 0 Å². The molecule has 3 unspecified atom stereocenters. The highest BCUT2D eigenvalue weighted by Gasteiger charge is 2.37. The lowest BCUT2D eigenvalue weighted by Gasteiger charge is -2.38. The van der Waals surface area contributed by atoms with Gasteiger partial charge in [-0.25, -0.2) is 0 Å². The van der Waals surface area contributed by atoms with E-state index in [2.05, 4.69) is 26.8 Å². The zero-order chi connectivity index (χ0) is 14.2. The van der Waals surface area contributed by atoms with Gasteiger partial charge in [0, 0.05) is 10.9 Å². The monoisotopic (exact) mass is 279 g/mol. The van der Waals surface area contributed by atoms with Crippen molar-refractivity contribution in [1.82, 2.24) is 0 Å². The third kappa shape index (κ3) is 3.26. The third-order valence-corrected chi connectivity index (χ3v) is 6.17. The highest BCUT2D eigenvalue weighted by molar-refractivity contribution is 7.85. The van der Waals surface area contributed by atoms with Crippen LogP contribution in [0.3, 0.4) is 0 Å². The third-order valence-electron chi connectivity index (χ3n) is 4.21. The average molecular weight is 279 g/mol. The van der Waals surface area contributed by atoms with E-state index in [0.717, 1.165) is 29.7 Å². The summed E-state index contributed by atoms with van der Waals surface area (Å²) in [5, 5.41) is 0.0881. The Hall–Kier alpha value is -0.670. The van der Waals surface area contributed by atoms with E-state index in [1.54, 1.807) is 0 Å². The Bertz CT molecular complexity index is 496. The van der Waals surface area contributed by atoms with Crippen LogP contribution in [0.4, 0.5) is 0 Å². The number of hydrogen-bond acceptors (Lipinski definition) is 2. The van der Waals surface area contributed by atoms with Crippen LogP contribution < -0.4 is 5.73 Å². The molecule has 3 heteroatoms. The normalized spacial score (nSPS) is 28.1. The van der Waals surface area contributed by atoms with Gasteiger partial charge in [-0.1, -0.05) is 31.5 Å². The van der Waals surface area contributed by atoms with E-state index in [0.29, 0.717) is 0 Å². The SMILES string of the molecule is Cc1ccc(S(=O)C2CC(C)(C)CCC2N)c(C)c1. The lowest BCUT2D eigenvalue weighted by molar-refractivity contribution is 0.230. The summed E-state index contributed by atoms with van der Waals surface area (Å²) in [6, 6.07) is 6.22. The van der Waals surface area contributed by atoms with E-state index in [1.165, 1.54) is 5.56 Å². The molecule has 0 bridgehead atoms. The first kappa shape index (κ1) is 14.7. The quantitative estimate of drug-likeness (QED) is 0.902. The molecule has 0 aliphatic heterocycles. The second-order valence-corrected chi connectivity index (χ2v) is 8.32. The van der Waals surface area contributed by atoms with Crippen LogP contribution in [0, 0.1) is 19.3 Å². The molecule has 3 atom stereocenters. The maximum Gasteiger partial charge on any atom is 0.0579 e. The van der Waals surface area contributed by atoms with E-state index >= 15 is 0 Å². The van der Waals surface area contributed by atoms with Crippen molar-refractivity contribution in [2.24, 2.45) is 11.1 Å². The fourth-order valence-electron chi connectivity index (χ4n) is 2.96. The van der Waals surface area contributed by atoms with Crippen molar-refractivity contribution in [2.75, 3.05) is 0 Å². The van der Waals surface area contributed by atoms with E-state index in [9.17, 15) is 4.21 Å². The Labute approximate surface area is 119 Å². The van der Waals surface area contributed by atoms with Gasteiger partial charge < -0.3 is 5.73 Å². The lowest BCUT2D eigenvalue weighted by atomic mass is 9.75. The van der Waals surface area contributed by atoms with E-state index < -0.39 is 10.8 Å². The highest BCUT2D eigenvalue weighted by Crippen LogP contribution is 2.38. The predicted octanol–water partition coefficient (Wildman–Crippen LogP) is 3.32. The van der Waals surface area contributed by atoms with Crippen LogP contribution in [0.5, 0.6) is 0 Å². The molecular weight excluding hydrogens is 254 g/mol. The van der Waals surface area contributed by atoms with Crippen LogP contribution >= 0.6 is 0 Å². The Morgan fingerprint density at radius 2 is 2.00 bits per heavy atom. The summed E-state index contributed by atoms with van der Waals surface area (Å²) in [5.74, 6) is 0. The van der Waals surface area contributed by atoms with Gasteiger partial charge in [0.05, 0.1) is 16.0 Å². The van der Waals surface area contributed by atoms with Crippen molar-refractivity contribution < 1.29 is 4.21 Å². The van der Waals surface area contributed by atoms with Crippen LogP contribution in [0.2, 0.25) is 0 Å². The van der Waals surface area contributed by atoms with Crippen LogP contribution in [0.1, 0.15) is 44.2 Å². The van der Waals surface area contributed by atoms with E-state index in [-0.39, 0.29) is 16.7 Å². The summed E-state index contributed by atoms with van der Waals surface area (Å²) in [6.07, 6.45) is 3.07. The maximum absolute atomic E-state index is 12.9. The van der Waals surface area contributed by atoms with Crippen molar-refractivity contribution in [3.05, 3.63) is 29.3 Å². The molecule has 1 aliphatic rings. The molecule has 1 aromatic rings. The fourth-order valence-corrected chi connectivity index (χ4v) is 4.92. The van der Waals surface area contributed by atoms with Gasteiger partial charge in [0.1, 0.15) is 0 Å². The fraction of sp³-hybridized carbons (Fsp3) is 0.625. The second kappa shape index (κ2) is 5.37. The highest BCUT2D eigenvalue weighted by atomic mass is 32.2. The number of aryl methyl sites for hydroxylation is 2. The minimum absolute atomic E-state index is 0.0644. The summed E-state index contributed by atoms with van der Waals surface area (Å²) in [5.41, 5.74) is 8.82. The molecule has 19 heavy (non-hydrogen) atoms. The molecular formula is C16H25NOS. The first-order valence-corrected chi connectivity index (χ1v) is 8.25. The van der Waals surface area contributed by atoms with Gasteiger partial charge in [-0.2, -0.15) is 0 Å². The zero-order valence-electron chi connectivity index (χ0n) is 12.4. The smallest absolute Gasteiger partial charge is 0.0579 e. The Morgan fingerprint density at radius 3 is 2.63 bits per heavy atom. The molecule has 0 aromatic heterocycles. The molecule has 2 nitrogen and oxygen atoms in total. The molecule has 1 fully saturated rings. The Morgan fingerprint density at radius 1 is 1.32 bits per heavy atom. The van der Waals surface area contributed by atoms with Crippen molar-refractivity contribution in [3.63, 3.8) is 0 Å². The van der Waals surface area contributed by atoms with Crippen molar-refractivity contribution in [3.8, 4) is 0 Å². The standard InChI is InChI=1S/C16H25NOS/c1-11-5-6-14(12(2)9-11)19(18)15-10-16(3,4)8-7-13(15)17/h5-6,9,13,15H,7-8,10,17H2,1-4H3. The largest absolute Gasteiger partial charge is 0.327 e. The molecule has 0 heterocycles. The molecule has 106 valence electrons. The topological polar surface area (TPSA) is 43.1 Å². The molecule has 0 amide bonds. The Kier molecular flexibility index (Phi) is 4.17. The van der Waals surface area contributed by atoms with Crippen LogP contribution in [0.25, 0.3) is 0 Å². The molecule has 0 saturated heterocycles. The first-order valence-electron chi connectivity index (χ1n) is 7.03. The van der Waals surface area contributed by atoms with Crippen molar-refractivity contribution in [2.45, 2.75) is 63.1 Å². The minimum Gasteiger partial charge on any atom is -0.327 e. The molecule has 2 rings (SSSR count). The second-order valence-electron chi connectivity index (χ2n) is 6.68. The minimum atomic E-state index is -0.991. The van der Waals surface area contributed by atoms with Crippen LogP contribution in [0.15, 0.2) is 23.1 Å². The molecule has 1 aromatic carbocycles. The molecule has 0 radical (unpaired) electrons. The summed E-state index contributed by atoms with van der Waals surface area (Å²) in [6.45, 7) is 8.62. The van der Waals surface area contributed by atoms with Gasteiger partial charge in [-0.3, -0.25) is 4.21 Å². The van der Waals surface area contributed by atoms with Gasteiger partial charge in [-0.15, -0.1) is 0 Å². The summed E-state index contributed by atoms with van der Waals surface area (Å²) in [7, 11) is -0.991. The number of rotatable bonds is 2. The van der Waals surface area contributed by atoms with Gasteiger partial charge in [0.25, 0.3) is 0 Å². The molecule has 1 aliphatic carbocycles. The average Bonchev–Trinajstić information content (AvgIpc) is 2.31. The van der Waals surface area contributed by atoms with Crippen molar-refractivity contribution in [1.29, 1.82) is 0 Å². The van der Waals surface area contributed by atoms with Crippen molar-refractivity contribution >= 4 is 10.8 Å². The molecule has 2 N–H and O–H groups in total. The molecule has 0 spiro atoms. The van der Waals surface area contributed by atoms with Gasteiger partial charge in [-0.05, 0) is 50.2 Å².